The Morgan fingerprint density at radius 1 is 1.27 bits per heavy atom. The summed E-state index contributed by atoms with van der Waals surface area (Å²) in [5.74, 6) is 0.278. The van der Waals surface area contributed by atoms with Gasteiger partial charge in [0.1, 0.15) is 0 Å². The molecule has 0 bridgehead atoms. The van der Waals surface area contributed by atoms with E-state index in [1.807, 2.05) is 37.3 Å². The topological polar surface area (TPSA) is 76.8 Å². The minimum Gasteiger partial charge on any atom is -0.487 e. The Balaban J connectivity index is 2.11. The number of nitro groups is 1. The summed E-state index contributed by atoms with van der Waals surface area (Å²) in [4.78, 5) is 10.6. The van der Waals surface area contributed by atoms with Crippen molar-refractivity contribution < 1.29 is 9.66 Å². The summed E-state index contributed by atoms with van der Waals surface area (Å²) in [6.07, 6.45) is 2.32. The maximum Gasteiger partial charge on any atom is 0.311 e. The monoisotopic (exact) mass is 299 g/mol. The van der Waals surface area contributed by atoms with Crippen LogP contribution in [0.4, 0.5) is 11.4 Å². The zero-order valence-corrected chi connectivity index (χ0v) is 12.2. The minimum absolute atomic E-state index is 0.0582. The molecule has 0 fully saturated rings. The molecule has 0 aromatic heterocycles. The Kier molecular flexibility index (Phi) is 5.48. The number of hydrogen-bond acceptors (Lipinski definition) is 5. The van der Waals surface area contributed by atoms with Crippen LogP contribution in [0.5, 0.6) is 5.75 Å². The SMILES string of the molecule is CCCOc1ccc(/C=N/Nc2ccccc2)cc1[N+](=O)[O-]. The number of nitro benzene ring substituents is 1. The molecular weight excluding hydrogens is 282 g/mol. The van der Waals surface area contributed by atoms with Crippen LogP contribution in [0.15, 0.2) is 53.6 Å². The van der Waals surface area contributed by atoms with Gasteiger partial charge in [0.2, 0.25) is 0 Å². The Morgan fingerprint density at radius 3 is 2.73 bits per heavy atom. The van der Waals surface area contributed by atoms with E-state index in [1.54, 1.807) is 12.1 Å². The molecule has 0 aliphatic rings. The van der Waals surface area contributed by atoms with Crippen molar-refractivity contribution in [2.24, 2.45) is 5.10 Å². The van der Waals surface area contributed by atoms with Gasteiger partial charge < -0.3 is 4.74 Å². The molecule has 2 aromatic carbocycles. The van der Waals surface area contributed by atoms with E-state index in [4.69, 9.17) is 4.74 Å². The molecule has 114 valence electrons. The van der Waals surface area contributed by atoms with Crippen LogP contribution < -0.4 is 10.2 Å². The highest BCUT2D eigenvalue weighted by atomic mass is 16.6. The van der Waals surface area contributed by atoms with Crippen molar-refractivity contribution >= 4 is 17.6 Å². The third-order valence-electron chi connectivity index (χ3n) is 2.82. The first-order chi connectivity index (χ1) is 10.7. The third-order valence-corrected chi connectivity index (χ3v) is 2.82. The van der Waals surface area contributed by atoms with Crippen molar-refractivity contribution in [3.63, 3.8) is 0 Å². The van der Waals surface area contributed by atoms with Crippen LogP contribution in [-0.2, 0) is 0 Å². The molecule has 0 unspecified atom stereocenters. The fourth-order valence-electron chi connectivity index (χ4n) is 1.79. The number of benzene rings is 2. The van der Waals surface area contributed by atoms with Crippen LogP contribution in [0.2, 0.25) is 0 Å². The Bertz CT molecular complexity index is 657. The Labute approximate surface area is 128 Å². The average Bonchev–Trinajstić information content (AvgIpc) is 2.54. The standard InChI is InChI=1S/C16H17N3O3/c1-2-10-22-16-9-8-13(11-15(16)19(20)21)12-17-18-14-6-4-3-5-7-14/h3-9,11-12,18H,2,10H2,1H3/b17-12+. The largest absolute Gasteiger partial charge is 0.487 e. The van der Waals surface area contributed by atoms with Gasteiger partial charge in [0.05, 0.1) is 23.4 Å². The number of hydrogen-bond donors (Lipinski definition) is 1. The summed E-state index contributed by atoms with van der Waals surface area (Å²) in [7, 11) is 0. The minimum atomic E-state index is -0.451. The zero-order valence-electron chi connectivity index (χ0n) is 12.2. The van der Waals surface area contributed by atoms with Crippen molar-refractivity contribution in [2.75, 3.05) is 12.0 Å². The number of anilines is 1. The summed E-state index contributed by atoms with van der Waals surface area (Å²) < 4.78 is 5.37. The fourth-order valence-corrected chi connectivity index (χ4v) is 1.79. The van der Waals surface area contributed by atoms with Crippen molar-refractivity contribution in [3.8, 4) is 5.75 Å². The predicted molar refractivity (Wildman–Crippen MR) is 86.5 cm³/mol. The normalized spacial score (nSPS) is 10.6. The lowest BCUT2D eigenvalue weighted by Gasteiger charge is -2.05. The van der Waals surface area contributed by atoms with E-state index in [1.165, 1.54) is 12.3 Å². The van der Waals surface area contributed by atoms with E-state index in [9.17, 15) is 10.1 Å². The van der Waals surface area contributed by atoms with Gasteiger partial charge in [-0.25, -0.2) is 0 Å². The van der Waals surface area contributed by atoms with Crippen LogP contribution in [0.3, 0.4) is 0 Å². The van der Waals surface area contributed by atoms with Gasteiger partial charge in [0, 0.05) is 11.6 Å². The van der Waals surface area contributed by atoms with Crippen LogP contribution >= 0.6 is 0 Å². The van der Waals surface area contributed by atoms with Crippen molar-refractivity contribution in [3.05, 3.63) is 64.2 Å². The van der Waals surface area contributed by atoms with E-state index in [-0.39, 0.29) is 11.4 Å². The van der Waals surface area contributed by atoms with E-state index in [0.717, 1.165) is 12.1 Å². The highest BCUT2D eigenvalue weighted by Gasteiger charge is 2.15. The number of para-hydroxylation sites is 1. The molecule has 22 heavy (non-hydrogen) atoms. The predicted octanol–water partition coefficient (Wildman–Crippen LogP) is 3.83. The smallest absolute Gasteiger partial charge is 0.311 e. The fraction of sp³-hybridized carbons (Fsp3) is 0.188. The summed E-state index contributed by atoms with van der Waals surface area (Å²) in [5.41, 5.74) is 4.27. The summed E-state index contributed by atoms with van der Waals surface area (Å²) >= 11 is 0. The number of nitrogens with one attached hydrogen (secondary N) is 1. The molecule has 0 heterocycles. The van der Waals surface area contributed by atoms with E-state index < -0.39 is 4.92 Å². The summed E-state index contributed by atoms with van der Waals surface area (Å²) in [5, 5.41) is 15.2. The molecule has 0 saturated carbocycles. The van der Waals surface area contributed by atoms with Gasteiger partial charge in [0.25, 0.3) is 0 Å². The number of rotatable bonds is 7. The number of hydrazone groups is 1. The van der Waals surface area contributed by atoms with Gasteiger partial charge in [-0.05, 0) is 30.7 Å². The molecule has 0 amide bonds. The maximum absolute atomic E-state index is 11.1. The lowest BCUT2D eigenvalue weighted by molar-refractivity contribution is -0.385. The Hall–Kier alpha value is -2.89. The van der Waals surface area contributed by atoms with Crippen LogP contribution in [0.25, 0.3) is 0 Å². The first kappa shape index (κ1) is 15.5. The molecule has 0 spiro atoms. The van der Waals surface area contributed by atoms with Crippen LogP contribution in [-0.4, -0.2) is 17.7 Å². The average molecular weight is 299 g/mol. The van der Waals surface area contributed by atoms with Crippen molar-refractivity contribution in [2.45, 2.75) is 13.3 Å². The first-order valence-electron chi connectivity index (χ1n) is 6.96. The highest BCUT2D eigenvalue weighted by Crippen LogP contribution is 2.27. The Morgan fingerprint density at radius 2 is 2.05 bits per heavy atom. The summed E-state index contributed by atoms with van der Waals surface area (Å²) in [6.45, 7) is 2.39. The maximum atomic E-state index is 11.1. The molecule has 0 saturated heterocycles. The third kappa shape index (κ3) is 4.31. The van der Waals surface area contributed by atoms with Gasteiger partial charge in [-0.1, -0.05) is 25.1 Å². The van der Waals surface area contributed by atoms with Gasteiger partial charge in [-0.3, -0.25) is 15.5 Å². The van der Waals surface area contributed by atoms with Gasteiger partial charge >= 0.3 is 5.69 Å². The molecule has 0 aliphatic carbocycles. The highest BCUT2D eigenvalue weighted by molar-refractivity contribution is 5.82. The van der Waals surface area contributed by atoms with Crippen molar-refractivity contribution in [1.82, 2.24) is 0 Å². The van der Waals surface area contributed by atoms with Crippen molar-refractivity contribution in [1.29, 1.82) is 0 Å². The first-order valence-corrected chi connectivity index (χ1v) is 6.96. The van der Waals surface area contributed by atoms with Gasteiger partial charge in [-0.15, -0.1) is 0 Å². The second-order valence-electron chi connectivity index (χ2n) is 4.57. The van der Waals surface area contributed by atoms with Crippen LogP contribution in [0.1, 0.15) is 18.9 Å². The second kappa shape index (κ2) is 7.78. The molecule has 1 N–H and O–H groups in total. The van der Waals surface area contributed by atoms with Crippen LogP contribution in [0, 0.1) is 10.1 Å². The summed E-state index contributed by atoms with van der Waals surface area (Å²) in [6, 6.07) is 14.2. The quantitative estimate of drug-likeness (QED) is 0.479. The molecule has 6 nitrogen and oxygen atoms in total. The molecule has 0 aliphatic heterocycles. The molecular formula is C16H17N3O3. The molecule has 0 radical (unpaired) electrons. The lowest BCUT2D eigenvalue weighted by Crippen LogP contribution is -2.00. The van der Waals surface area contributed by atoms with Gasteiger partial charge in [0.15, 0.2) is 5.75 Å². The van der Waals surface area contributed by atoms with Gasteiger partial charge in [-0.2, -0.15) is 5.10 Å². The van der Waals surface area contributed by atoms with E-state index >= 15 is 0 Å². The molecule has 2 aromatic rings. The lowest BCUT2D eigenvalue weighted by atomic mass is 10.2. The molecule has 6 heteroatoms. The molecule has 2 rings (SSSR count). The number of nitrogens with zero attached hydrogens (tertiary/aromatic N) is 2. The number of ether oxygens (including phenoxy) is 1. The van der Waals surface area contributed by atoms with E-state index in [2.05, 4.69) is 10.5 Å². The van der Waals surface area contributed by atoms with E-state index in [0.29, 0.717) is 12.2 Å². The molecule has 0 atom stereocenters. The second-order valence-corrected chi connectivity index (χ2v) is 4.57. The zero-order chi connectivity index (χ0) is 15.8.